The second kappa shape index (κ2) is 7.94. The van der Waals surface area contributed by atoms with E-state index < -0.39 is 10.1 Å². The Balaban J connectivity index is 1.71. The normalized spacial score (nSPS) is 17.6. The Morgan fingerprint density at radius 3 is 2.48 bits per heavy atom. The monoisotopic (exact) mass is 387 g/mol. The first kappa shape index (κ1) is 19.1. The van der Waals surface area contributed by atoms with Gasteiger partial charge in [0.1, 0.15) is 23.4 Å². The summed E-state index contributed by atoms with van der Waals surface area (Å²) in [6.45, 7) is 6.44. The highest BCUT2D eigenvalue weighted by atomic mass is 32.2. The van der Waals surface area contributed by atoms with Gasteiger partial charge in [-0.3, -0.25) is 4.79 Å². The number of hydrogen-bond acceptors (Lipinski definition) is 5. The Labute approximate surface area is 159 Å². The van der Waals surface area contributed by atoms with Gasteiger partial charge in [-0.15, -0.1) is 6.58 Å². The molecule has 0 aromatic heterocycles. The Morgan fingerprint density at radius 2 is 1.85 bits per heavy atom. The molecule has 27 heavy (non-hydrogen) atoms. The number of amides is 1. The first-order valence-electron chi connectivity index (χ1n) is 8.50. The number of nitrogens with zero attached hydrogens (tertiary/aromatic N) is 1. The molecule has 6 nitrogen and oxygen atoms in total. The average molecular weight is 387 g/mol. The van der Waals surface area contributed by atoms with E-state index in [9.17, 15) is 13.2 Å². The van der Waals surface area contributed by atoms with Crippen LogP contribution in [0.4, 0.5) is 0 Å². The molecule has 3 rings (SSSR count). The third-order valence-corrected chi connectivity index (χ3v) is 5.53. The van der Waals surface area contributed by atoms with Crippen LogP contribution in [0.5, 0.6) is 5.75 Å². The highest BCUT2D eigenvalue weighted by Crippen LogP contribution is 2.26. The molecule has 142 valence electrons. The van der Waals surface area contributed by atoms with E-state index in [0.29, 0.717) is 13.1 Å². The molecule has 1 heterocycles. The van der Waals surface area contributed by atoms with Gasteiger partial charge in [-0.25, -0.2) is 0 Å². The molecule has 0 spiro atoms. The molecule has 0 aliphatic carbocycles. The van der Waals surface area contributed by atoms with Crippen LogP contribution in [0.1, 0.15) is 17.2 Å². The number of hydrogen-bond donors (Lipinski definition) is 0. The summed E-state index contributed by atoms with van der Waals surface area (Å²) in [5.41, 5.74) is 1.81. The van der Waals surface area contributed by atoms with E-state index in [2.05, 4.69) is 6.58 Å². The lowest BCUT2D eigenvalue weighted by Gasteiger charge is -2.32. The molecule has 0 unspecified atom stereocenters. The van der Waals surface area contributed by atoms with E-state index in [1.54, 1.807) is 47.4 Å². The molecule has 7 heteroatoms. The predicted octanol–water partition coefficient (Wildman–Crippen LogP) is 2.85. The number of carbonyl (C=O) groups excluding carboxylic acids is 1. The van der Waals surface area contributed by atoms with Crippen molar-refractivity contribution in [3.05, 3.63) is 72.3 Å². The van der Waals surface area contributed by atoms with Gasteiger partial charge in [-0.2, -0.15) is 8.42 Å². The first-order valence-corrected chi connectivity index (χ1v) is 9.91. The minimum atomic E-state index is -3.89. The Hall–Kier alpha value is -2.64. The number of ether oxygens (including phenoxy) is 1. The molecule has 0 bridgehead atoms. The summed E-state index contributed by atoms with van der Waals surface area (Å²) < 4.78 is 35.5. The van der Waals surface area contributed by atoms with Crippen molar-refractivity contribution in [2.45, 2.75) is 17.9 Å². The number of benzene rings is 2. The van der Waals surface area contributed by atoms with Crippen LogP contribution in [-0.2, 0) is 19.6 Å². The predicted molar refractivity (Wildman–Crippen MR) is 101 cm³/mol. The Kier molecular flexibility index (Phi) is 5.62. The van der Waals surface area contributed by atoms with E-state index in [-0.39, 0.29) is 29.3 Å². The Bertz CT molecular complexity index is 920. The smallest absolute Gasteiger partial charge is 0.339 e. The standard InChI is InChI=1S/C20H21NO5S/c1-3-12-21-13-19(25-14-20(21)22)16-6-8-17(9-7-16)26-27(23,24)18-10-4-15(2)5-11-18/h3-11,19H,1,12-14H2,2H3/t19-/m1/s1. The molecule has 0 radical (unpaired) electrons. The molecular weight excluding hydrogens is 366 g/mol. The fourth-order valence-corrected chi connectivity index (χ4v) is 3.70. The molecule has 1 saturated heterocycles. The van der Waals surface area contributed by atoms with Gasteiger partial charge in [0.05, 0.1) is 6.54 Å². The van der Waals surface area contributed by atoms with Gasteiger partial charge >= 0.3 is 10.1 Å². The minimum absolute atomic E-state index is 0.0125. The SMILES string of the molecule is C=CCN1C[C@H](c2ccc(OS(=O)(=O)c3ccc(C)cc3)cc2)OCC1=O. The maximum Gasteiger partial charge on any atom is 0.339 e. The van der Waals surface area contributed by atoms with Crippen LogP contribution in [0, 0.1) is 6.92 Å². The van der Waals surface area contributed by atoms with E-state index in [0.717, 1.165) is 11.1 Å². The van der Waals surface area contributed by atoms with E-state index in [1.165, 1.54) is 12.1 Å². The lowest BCUT2D eigenvalue weighted by atomic mass is 10.1. The van der Waals surface area contributed by atoms with Crippen LogP contribution in [0.15, 0.2) is 66.1 Å². The van der Waals surface area contributed by atoms with Crippen molar-refractivity contribution in [3.8, 4) is 5.75 Å². The number of morpholine rings is 1. The molecule has 1 aliphatic heterocycles. The molecular formula is C20H21NO5S. The number of carbonyl (C=O) groups is 1. The molecule has 0 N–H and O–H groups in total. The summed E-state index contributed by atoms with van der Waals surface area (Å²) in [4.78, 5) is 13.6. The van der Waals surface area contributed by atoms with Crippen molar-refractivity contribution in [3.63, 3.8) is 0 Å². The summed E-state index contributed by atoms with van der Waals surface area (Å²) in [5.74, 6) is 0.143. The minimum Gasteiger partial charge on any atom is -0.379 e. The average Bonchev–Trinajstić information content (AvgIpc) is 2.64. The second-order valence-corrected chi connectivity index (χ2v) is 7.85. The first-order chi connectivity index (χ1) is 12.9. The molecule has 1 amide bonds. The summed E-state index contributed by atoms with van der Waals surface area (Å²) in [5, 5.41) is 0. The van der Waals surface area contributed by atoms with Crippen LogP contribution in [0.3, 0.4) is 0 Å². The van der Waals surface area contributed by atoms with Crippen LogP contribution in [0.25, 0.3) is 0 Å². The molecule has 1 fully saturated rings. The van der Waals surface area contributed by atoms with Crippen LogP contribution >= 0.6 is 0 Å². The summed E-state index contributed by atoms with van der Waals surface area (Å²) in [7, 11) is -3.89. The zero-order valence-corrected chi connectivity index (χ0v) is 15.8. The van der Waals surface area contributed by atoms with Gasteiger partial charge in [-0.05, 0) is 36.8 Å². The van der Waals surface area contributed by atoms with Gasteiger partial charge in [-0.1, -0.05) is 35.9 Å². The molecule has 2 aromatic rings. The van der Waals surface area contributed by atoms with Crippen LogP contribution in [-0.4, -0.2) is 38.9 Å². The highest BCUT2D eigenvalue weighted by Gasteiger charge is 2.26. The van der Waals surface area contributed by atoms with Crippen molar-refractivity contribution in [2.75, 3.05) is 19.7 Å². The third kappa shape index (κ3) is 4.56. The largest absolute Gasteiger partial charge is 0.379 e. The number of rotatable bonds is 6. The zero-order valence-electron chi connectivity index (χ0n) is 15.0. The van der Waals surface area contributed by atoms with Crippen molar-refractivity contribution >= 4 is 16.0 Å². The van der Waals surface area contributed by atoms with Crippen molar-refractivity contribution < 1.29 is 22.1 Å². The zero-order chi connectivity index (χ0) is 19.4. The summed E-state index contributed by atoms with van der Waals surface area (Å²) >= 11 is 0. The lowest BCUT2D eigenvalue weighted by Crippen LogP contribution is -2.43. The third-order valence-electron chi connectivity index (χ3n) is 4.26. The van der Waals surface area contributed by atoms with E-state index >= 15 is 0 Å². The fourth-order valence-electron chi connectivity index (χ4n) is 2.77. The van der Waals surface area contributed by atoms with Gasteiger partial charge in [0.2, 0.25) is 5.91 Å². The summed E-state index contributed by atoms with van der Waals surface area (Å²) in [6.07, 6.45) is 1.40. The highest BCUT2D eigenvalue weighted by molar-refractivity contribution is 7.87. The number of aryl methyl sites for hydroxylation is 1. The van der Waals surface area contributed by atoms with Crippen LogP contribution in [0.2, 0.25) is 0 Å². The van der Waals surface area contributed by atoms with Crippen LogP contribution < -0.4 is 4.18 Å². The molecule has 1 atom stereocenters. The van der Waals surface area contributed by atoms with E-state index in [4.69, 9.17) is 8.92 Å². The molecule has 0 saturated carbocycles. The maximum absolute atomic E-state index is 12.4. The van der Waals surface area contributed by atoms with Gasteiger partial charge in [0.15, 0.2) is 0 Å². The molecule has 2 aromatic carbocycles. The van der Waals surface area contributed by atoms with Crippen molar-refractivity contribution in [1.29, 1.82) is 0 Å². The van der Waals surface area contributed by atoms with Crippen molar-refractivity contribution in [1.82, 2.24) is 4.90 Å². The van der Waals surface area contributed by atoms with Gasteiger partial charge in [0.25, 0.3) is 0 Å². The van der Waals surface area contributed by atoms with Gasteiger partial charge < -0.3 is 13.8 Å². The topological polar surface area (TPSA) is 72.9 Å². The maximum atomic E-state index is 12.4. The summed E-state index contributed by atoms with van der Waals surface area (Å²) in [6, 6.07) is 13.1. The quantitative estimate of drug-likeness (QED) is 0.563. The van der Waals surface area contributed by atoms with Gasteiger partial charge in [0, 0.05) is 6.54 Å². The second-order valence-electron chi connectivity index (χ2n) is 6.31. The lowest BCUT2D eigenvalue weighted by molar-refractivity contribution is -0.148. The fraction of sp³-hybridized carbons (Fsp3) is 0.250. The van der Waals surface area contributed by atoms with E-state index in [1.807, 2.05) is 6.92 Å². The Morgan fingerprint density at radius 1 is 1.19 bits per heavy atom. The molecule has 1 aliphatic rings. The van der Waals surface area contributed by atoms with Crippen molar-refractivity contribution in [2.24, 2.45) is 0 Å².